The van der Waals surface area contributed by atoms with Gasteiger partial charge < -0.3 is 19.8 Å². The number of amides is 1. The fourth-order valence-electron chi connectivity index (χ4n) is 3.28. The van der Waals surface area contributed by atoms with E-state index >= 15 is 0 Å². The summed E-state index contributed by atoms with van der Waals surface area (Å²) in [6.45, 7) is 0.976. The summed E-state index contributed by atoms with van der Waals surface area (Å²) in [5, 5.41) is 8.18. The van der Waals surface area contributed by atoms with Crippen molar-refractivity contribution in [2.24, 2.45) is 0 Å². The summed E-state index contributed by atoms with van der Waals surface area (Å²) in [7, 11) is 0. The van der Waals surface area contributed by atoms with Gasteiger partial charge in [-0.25, -0.2) is 0 Å². The molecule has 0 aliphatic carbocycles. The fraction of sp³-hybridized carbons (Fsp3) is 0.143. The van der Waals surface area contributed by atoms with Crippen LogP contribution >= 0.6 is 0 Å². The van der Waals surface area contributed by atoms with E-state index in [4.69, 9.17) is 9.47 Å². The molecule has 1 aliphatic rings. The van der Waals surface area contributed by atoms with Crippen molar-refractivity contribution in [2.75, 3.05) is 11.9 Å². The van der Waals surface area contributed by atoms with Crippen molar-refractivity contribution in [2.45, 2.75) is 12.6 Å². The first kappa shape index (κ1) is 16.4. The van der Waals surface area contributed by atoms with Gasteiger partial charge >= 0.3 is 0 Å². The first-order valence-electron chi connectivity index (χ1n) is 9.05. The molecule has 0 bridgehead atoms. The predicted octanol–water partition coefficient (Wildman–Crippen LogP) is 3.46. The van der Waals surface area contributed by atoms with Crippen LogP contribution < -0.4 is 14.8 Å². The lowest BCUT2D eigenvalue weighted by molar-refractivity contribution is 0.0759. The Morgan fingerprint density at radius 2 is 2.00 bits per heavy atom. The maximum absolute atomic E-state index is 12.5. The van der Waals surface area contributed by atoms with E-state index in [9.17, 15) is 4.79 Å². The van der Waals surface area contributed by atoms with Gasteiger partial charge in [0.05, 0.1) is 18.4 Å². The summed E-state index contributed by atoms with van der Waals surface area (Å²) in [5.74, 6) is 1.28. The Morgan fingerprint density at radius 1 is 1.18 bits per heavy atom. The molecule has 7 nitrogen and oxygen atoms in total. The van der Waals surface area contributed by atoms with Gasteiger partial charge in [0, 0.05) is 17.1 Å². The van der Waals surface area contributed by atoms with Crippen molar-refractivity contribution in [3.8, 4) is 11.5 Å². The maximum atomic E-state index is 12.5. The SMILES string of the molecule is O=C(Nc1cnn(CC2COc3ccccc3O2)c1)c1cc2ccccc2[nH]1. The van der Waals surface area contributed by atoms with Crippen molar-refractivity contribution in [3.05, 3.63) is 72.7 Å². The number of carbonyl (C=O) groups excluding carboxylic acids is 1. The molecule has 5 rings (SSSR count). The van der Waals surface area contributed by atoms with Crippen LogP contribution in [0.5, 0.6) is 11.5 Å². The van der Waals surface area contributed by atoms with Gasteiger partial charge in [-0.05, 0) is 24.3 Å². The first-order valence-corrected chi connectivity index (χ1v) is 9.05. The third-order valence-corrected chi connectivity index (χ3v) is 4.62. The number of benzene rings is 2. The van der Waals surface area contributed by atoms with Gasteiger partial charge in [0.25, 0.3) is 5.91 Å². The highest BCUT2D eigenvalue weighted by molar-refractivity contribution is 6.05. The molecule has 2 aromatic heterocycles. The van der Waals surface area contributed by atoms with E-state index in [1.165, 1.54) is 0 Å². The van der Waals surface area contributed by atoms with Crippen LogP contribution in [0.4, 0.5) is 5.69 Å². The molecule has 1 aliphatic heterocycles. The molecule has 1 unspecified atom stereocenters. The zero-order chi connectivity index (χ0) is 18.9. The zero-order valence-electron chi connectivity index (χ0n) is 15.0. The molecule has 3 heterocycles. The highest BCUT2D eigenvalue weighted by Crippen LogP contribution is 2.31. The van der Waals surface area contributed by atoms with Crippen LogP contribution in [0, 0.1) is 0 Å². The fourth-order valence-corrected chi connectivity index (χ4v) is 3.28. The third kappa shape index (κ3) is 3.18. The highest BCUT2D eigenvalue weighted by atomic mass is 16.6. The Balaban J connectivity index is 1.24. The number of rotatable bonds is 4. The normalized spacial score (nSPS) is 15.5. The summed E-state index contributed by atoms with van der Waals surface area (Å²) in [6, 6.07) is 17.2. The molecule has 4 aromatic rings. The number of fused-ring (bicyclic) bond motifs is 2. The molecule has 0 fully saturated rings. The molecule has 140 valence electrons. The predicted molar refractivity (Wildman–Crippen MR) is 105 cm³/mol. The van der Waals surface area contributed by atoms with Gasteiger partial charge in [0.1, 0.15) is 12.3 Å². The van der Waals surface area contributed by atoms with Gasteiger partial charge in [-0.15, -0.1) is 0 Å². The number of aromatic amines is 1. The van der Waals surface area contributed by atoms with Crippen LogP contribution in [-0.4, -0.2) is 33.4 Å². The van der Waals surface area contributed by atoms with Crippen LogP contribution in [0.1, 0.15) is 10.5 Å². The Kier molecular flexibility index (Phi) is 3.97. The number of anilines is 1. The Bertz CT molecular complexity index is 1110. The minimum Gasteiger partial charge on any atom is -0.486 e. The monoisotopic (exact) mass is 374 g/mol. The van der Waals surface area contributed by atoms with Crippen LogP contribution in [0.15, 0.2) is 67.0 Å². The number of hydrogen-bond acceptors (Lipinski definition) is 4. The summed E-state index contributed by atoms with van der Waals surface area (Å²) < 4.78 is 13.4. The number of para-hydroxylation sites is 3. The molecule has 28 heavy (non-hydrogen) atoms. The lowest BCUT2D eigenvalue weighted by Gasteiger charge is -2.26. The second-order valence-corrected chi connectivity index (χ2v) is 6.67. The minimum absolute atomic E-state index is 0.146. The van der Waals surface area contributed by atoms with Crippen molar-refractivity contribution in [3.63, 3.8) is 0 Å². The Hall–Kier alpha value is -3.74. The van der Waals surface area contributed by atoms with Crippen LogP contribution in [0.3, 0.4) is 0 Å². The lowest BCUT2D eigenvalue weighted by Crippen LogP contribution is -2.33. The Labute approximate surface area is 160 Å². The van der Waals surface area contributed by atoms with Gasteiger partial charge in [-0.1, -0.05) is 30.3 Å². The second-order valence-electron chi connectivity index (χ2n) is 6.67. The Morgan fingerprint density at radius 3 is 2.89 bits per heavy atom. The van der Waals surface area contributed by atoms with Crippen LogP contribution in [0.25, 0.3) is 10.9 Å². The van der Waals surface area contributed by atoms with Crippen molar-refractivity contribution >= 4 is 22.5 Å². The van der Waals surface area contributed by atoms with Crippen molar-refractivity contribution in [1.29, 1.82) is 0 Å². The topological polar surface area (TPSA) is 81.2 Å². The quantitative estimate of drug-likeness (QED) is 0.573. The number of aromatic nitrogens is 3. The smallest absolute Gasteiger partial charge is 0.272 e. The number of nitrogens with one attached hydrogen (secondary N) is 2. The molecular formula is C21H18N4O3. The van der Waals surface area contributed by atoms with E-state index in [1.807, 2.05) is 54.6 Å². The van der Waals surface area contributed by atoms with Gasteiger partial charge in [-0.3, -0.25) is 9.48 Å². The molecule has 0 saturated carbocycles. The summed E-state index contributed by atoms with van der Waals surface area (Å²) in [5.41, 5.74) is 2.06. The molecule has 7 heteroatoms. The summed E-state index contributed by atoms with van der Waals surface area (Å²) in [4.78, 5) is 15.6. The van der Waals surface area contributed by atoms with Gasteiger partial charge in [0.15, 0.2) is 17.6 Å². The minimum atomic E-state index is -0.207. The number of nitrogens with zero attached hydrogens (tertiary/aromatic N) is 2. The van der Waals surface area contributed by atoms with Crippen LogP contribution in [0.2, 0.25) is 0 Å². The van der Waals surface area contributed by atoms with E-state index in [1.54, 1.807) is 17.1 Å². The van der Waals surface area contributed by atoms with E-state index in [-0.39, 0.29) is 12.0 Å². The zero-order valence-corrected chi connectivity index (χ0v) is 15.0. The van der Waals surface area contributed by atoms with Gasteiger partial charge in [-0.2, -0.15) is 5.10 Å². The molecule has 2 aromatic carbocycles. The van der Waals surface area contributed by atoms with Gasteiger partial charge in [0.2, 0.25) is 0 Å². The number of ether oxygens (including phenoxy) is 2. The average molecular weight is 374 g/mol. The molecule has 0 radical (unpaired) electrons. The van der Waals surface area contributed by atoms with E-state index < -0.39 is 0 Å². The molecule has 2 N–H and O–H groups in total. The van der Waals surface area contributed by atoms with E-state index in [0.717, 1.165) is 22.4 Å². The summed E-state index contributed by atoms with van der Waals surface area (Å²) >= 11 is 0. The molecular weight excluding hydrogens is 356 g/mol. The number of H-pyrrole nitrogens is 1. The van der Waals surface area contributed by atoms with Crippen LogP contribution in [-0.2, 0) is 6.54 Å². The van der Waals surface area contributed by atoms with Crippen molar-refractivity contribution < 1.29 is 14.3 Å². The number of carbonyl (C=O) groups is 1. The van der Waals surface area contributed by atoms with E-state index in [2.05, 4.69) is 15.4 Å². The molecule has 1 amide bonds. The molecule has 0 saturated heterocycles. The maximum Gasteiger partial charge on any atom is 0.272 e. The van der Waals surface area contributed by atoms with Crippen molar-refractivity contribution in [1.82, 2.24) is 14.8 Å². The third-order valence-electron chi connectivity index (χ3n) is 4.62. The van der Waals surface area contributed by atoms with E-state index in [0.29, 0.717) is 24.5 Å². The lowest BCUT2D eigenvalue weighted by atomic mass is 10.2. The second kappa shape index (κ2) is 6.77. The standard InChI is InChI=1S/C21H18N4O3/c26-21(18-9-14-5-1-2-6-17(14)24-18)23-15-10-22-25(11-15)12-16-13-27-19-7-3-4-8-20(19)28-16/h1-11,16,24H,12-13H2,(H,23,26). The average Bonchev–Trinajstić information content (AvgIpc) is 3.34. The largest absolute Gasteiger partial charge is 0.486 e. The molecule has 1 atom stereocenters. The summed E-state index contributed by atoms with van der Waals surface area (Å²) in [6.07, 6.45) is 3.26. The first-order chi connectivity index (χ1) is 13.7. The highest BCUT2D eigenvalue weighted by Gasteiger charge is 2.21. The number of hydrogen-bond donors (Lipinski definition) is 2. The molecule has 0 spiro atoms.